The molecule has 0 radical (unpaired) electrons. The lowest BCUT2D eigenvalue weighted by Crippen LogP contribution is -2.32. The third-order valence-corrected chi connectivity index (χ3v) is 3.77. The van der Waals surface area contributed by atoms with E-state index in [2.05, 4.69) is 48.1 Å². The largest absolute Gasteiger partial charge is 0.328 e. The summed E-state index contributed by atoms with van der Waals surface area (Å²) in [4.78, 5) is 0. The lowest BCUT2D eigenvalue weighted by molar-refractivity contribution is 0.267. The molecule has 3 unspecified atom stereocenters. The monoisotopic (exact) mass is 197 g/mol. The molecule has 0 aliphatic heterocycles. The number of hydrogen-bond donors (Lipinski definition) is 1. The summed E-state index contributed by atoms with van der Waals surface area (Å²) in [6, 6.07) is 0.271. The van der Waals surface area contributed by atoms with Crippen LogP contribution in [0.4, 0.5) is 0 Å². The zero-order valence-electron chi connectivity index (χ0n) is 10.7. The van der Waals surface area contributed by atoms with E-state index in [0.717, 1.165) is 0 Å². The molecule has 0 aromatic heterocycles. The van der Waals surface area contributed by atoms with Gasteiger partial charge in [0.05, 0.1) is 0 Å². The molecule has 0 heterocycles. The molecule has 0 aromatic carbocycles. The Hall–Kier alpha value is -0.300. The van der Waals surface area contributed by atoms with Crippen LogP contribution >= 0.6 is 0 Å². The molecule has 0 saturated carbocycles. The summed E-state index contributed by atoms with van der Waals surface area (Å²) in [6.07, 6.45) is 0. The van der Waals surface area contributed by atoms with Crippen molar-refractivity contribution in [3.63, 3.8) is 0 Å². The fourth-order valence-corrected chi connectivity index (χ4v) is 1.80. The number of hydrogen-bond acceptors (Lipinski definition) is 1. The van der Waals surface area contributed by atoms with E-state index in [1.165, 1.54) is 5.57 Å². The van der Waals surface area contributed by atoms with Crippen LogP contribution in [-0.4, -0.2) is 6.04 Å². The van der Waals surface area contributed by atoms with E-state index >= 15 is 0 Å². The Morgan fingerprint density at radius 3 is 1.64 bits per heavy atom. The third-order valence-electron chi connectivity index (χ3n) is 3.77. The second-order valence-corrected chi connectivity index (χ2v) is 5.10. The van der Waals surface area contributed by atoms with Gasteiger partial charge in [0.2, 0.25) is 0 Å². The van der Waals surface area contributed by atoms with Crippen LogP contribution < -0.4 is 5.73 Å². The van der Waals surface area contributed by atoms with Gasteiger partial charge in [0, 0.05) is 6.04 Å². The van der Waals surface area contributed by atoms with E-state index in [4.69, 9.17) is 5.73 Å². The van der Waals surface area contributed by atoms with Crippen molar-refractivity contribution in [3.05, 3.63) is 12.2 Å². The topological polar surface area (TPSA) is 26.0 Å². The van der Waals surface area contributed by atoms with Gasteiger partial charge in [-0.25, -0.2) is 0 Å². The normalized spacial score (nSPS) is 20.3. The second-order valence-electron chi connectivity index (χ2n) is 5.10. The Morgan fingerprint density at radius 2 is 1.36 bits per heavy atom. The highest BCUT2D eigenvalue weighted by Crippen LogP contribution is 2.30. The van der Waals surface area contributed by atoms with Gasteiger partial charge in [-0.3, -0.25) is 0 Å². The molecule has 0 bridgehead atoms. The van der Waals surface area contributed by atoms with Crippen molar-refractivity contribution in [1.82, 2.24) is 0 Å². The maximum absolute atomic E-state index is 5.92. The van der Waals surface area contributed by atoms with Gasteiger partial charge in [-0.1, -0.05) is 46.8 Å². The minimum absolute atomic E-state index is 0.271. The molecule has 84 valence electrons. The first kappa shape index (κ1) is 13.7. The summed E-state index contributed by atoms with van der Waals surface area (Å²) in [5, 5.41) is 0. The van der Waals surface area contributed by atoms with Crippen LogP contribution in [0.1, 0.15) is 41.5 Å². The van der Waals surface area contributed by atoms with E-state index in [1.807, 2.05) is 0 Å². The van der Waals surface area contributed by atoms with Gasteiger partial charge in [-0.2, -0.15) is 0 Å². The van der Waals surface area contributed by atoms with E-state index in [9.17, 15) is 0 Å². The van der Waals surface area contributed by atoms with Crippen molar-refractivity contribution in [1.29, 1.82) is 0 Å². The van der Waals surface area contributed by atoms with Crippen LogP contribution in [0.2, 0.25) is 0 Å². The Balaban J connectivity index is 4.38. The van der Waals surface area contributed by atoms with Crippen molar-refractivity contribution in [2.45, 2.75) is 47.6 Å². The van der Waals surface area contributed by atoms with Crippen LogP contribution in [-0.2, 0) is 0 Å². The van der Waals surface area contributed by atoms with E-state index < -0.39 is 0 Å². The fourth-order valence-electron chi connectivity index (χ4n) is 1.80. The Morgan fingerprint density at radius 1 is 0.929 bits per heavy atom. The van der Waals surface area contributed by atoms with E-state index in [1.54, 1.807) is 0 Å². The maximum Gasteiger partial charge on any atom is 0.00388 e. The smallest absolute Gasteiger partial charge is 0.00388 e. The van der Waals surface area contributed by atoms with Gasteiger partial charge < -0.3 is 5.73 Å². The van der Waals surface area contributed by atoms with E-state index in [-0.39, 0.29) is 6.04 Å². The minimum Gasteiger partial charge on any atom is -0.328 e. The molecule has 14 heavy (non-hydrogen) atoms. The average Bonchev–Trinajstić information content (AvgIpc) is 2.12. The maximum atomic E-state index is 5.92. The summed E-state index contributed by atoms with van der Waals surface area (Å²) >= 11 is 0. The Kier molecular flexibility index (Phi) is 5.43. The first-order valence-corrected chi connectivity index (χ1v) is 5.73. The number of allylic oxidation sites excluding steroid dienone is 1. The first-order chi connectivity index (χ1) is 6.29. The molecule has 0 aliphatic carbocycles. The van der Waals surface area contributed by atoms with Gasteiger partial charge in [0.1, 0.15) is 0 Å². The first-order valence-electron chi connectivity index (χ1n) is 5.73. The quantitative estimate of drug-likeness (QED) is 0.671. The van der Waals surface area contributed by atoms with Crippen LogP contribution in [0.15, 0.2) is 12.2 Å². The van der Waals surface area contributed by atoms with Gasteiger partial charge in [-0.05, 0) is 30.6 Å². The summed E-state index contributed by atoms with van der Waals surface area (Å²) in [6.45, 7) is 17.5. The van der Waals surface area contributed by atoms with Gasteiger partial charge in [0.15, 0.2) is 0 Å². The summed E-state index contributed by atoms with van der Waals surface area (Å²) in [5.74, 6) is 2.31. The molecule has 4 atom stereocenters. The molecule has 0 rings (SSSR count). The van der Waals surface area contributed by atoms with Crippen molar-refractivity contribution in [3.8, 4) is 0 Å². The highest BCUT2D eigenvalue weighted by molar-refractivity contribution is 5.04. The molecule has 1 heteroatoms. The summed E-state index contributed by atoms with van der Waals surface area (Å²) < 4.78 is 0. The molecule has 0 fully saturated rings. The lowest BCUT2D eigenvalue weighted by atomic mass is 9.76. The van der Waals surface area contributed by atoms with Gasteiger partial charge >= 0.3 is 0 Å². The molecular formula is C13H27N. The van der Waals surface area contributed by atoms with Crippen LogP contribution in [0.25, 0.3) is 0 Å². The van der Waals surface area contributed by atoms with Crippen LogP contribution in [0, 0.1) is 23.7 Å². The van der Waals surface area contributed by atoms with Gasteiger partial charge in [-0.15, -0.1) is 0 Å². The van der Waals surface area contributed by atoms with Crippen molar-refractivity contribution < 1.29 is 0 Å². The lowest BCUT2D eigenvalue weighted by Gasteiger charge is -2.31. The summed E-state index contributed by atoms with van der Waals surface area (Å²) in [5.41, 5.74) is 7.27. The third kappa shape index (κ3) is 3.45. The van der Waals surface area contributed by atoms with Gasteiger partial charge in [0.25, 0.3) is 0 Å². The molecule has 2 N–H and O–H groups in total. The molecule has 0 amide bonds. The predicted octanol–water partition coefficient (Wildman–Crippen LogP) is 3.45. The zero-order chi connectivity index (χ0) is 11.5. The molecular weight excluding hydrogens is 170 g/mol. The molecule has 0 aromatic rings. The fraction of sp³-hybridized carbons (Fsp3) is 0.846. The molecule has 0 aliphatic rings. The second kappa shape index (κ2) is 5.55. The Labute approximate surface area is 89.8 Å². The molecule has 0 spiro atoms. The van der Waals surface area contributed by atoms with Crippen LogP contribution in [0.3, 0.4) is 0 Å². The predicted molar refractivity (Wildman–Crippen MR) is 65.1 cm³/mol. The Bertz CT molecular complexity index is 182. The van der Waals surface area contributed by atoms with Crippen molar-refractivity contribution >= 4 is 0 Å². The highest BCUT2D eigenvalue weighted by Gasteiger charge is 2.24. The van der Waals surface area contributed by atoms with E-state index in [0.29, 0.717) is 23.7 Å². The van der Waals surface area contributed by atoms with Crippen molar-refractivity contribution in [2.24, 2.45) is 29.4 Å². The van der Waals surface area contributed by atoms with Crippen LogP contribution in [0.5, 0.6) is 0 Å². The zero-order valence-corrected chi connectivity index (χ0v) is 10.7. The molecule has 1 nitrogen and oxygen atoms in total. The van der Waals surface area contributed by atoms with Crippen molar-refractivity contribution in [2.75, 3.05) is 0 Å². The number of nitrogens with two attached hydrogens (primary N) is 1. The number of rotatable bonds is 5. The minimum atomic E-state index is 0.271. The summed E-state index contributed by atoms with van der Waals surface area (Å²) in [7, 11) is 0. The SMILES string of the molecule is C=C(C(C)C)[C@@H](C)C(C)C(C)C(C)N. The average molecular weight is 197 g/mol. The highest BCUT2D eigenvalue weighted by atomic mass is 14.6. The standard InChI is InChI=1S/C13H27N/c1-8(2)9(3)10(4)11(5)12(6)13(7)14/h8,10-13H,3,14H2,1-2,4-7H3/t10-,11?,12?,13?/m1/s1. The molecule has 0 saturated heterocycles.